The van der Waals surface area contributed by atoms with E-state index in [1.807, 2.05) is 6.92 Å². The highest BCUT2D eigenvalue weighted by Crippen LogP contribution is 2.31. The number of nitrogens with one attached hydrogen (secondary N) is 1. The number of ether oxygens (including phenoxy) is 3. The Hall–Kier alpha value is -3.18. The number of rotatable bonds is 6. The SMILES string of the molecule is COc1cc2nn(CCC3(C)OCCO3)cc2cc1NC(=O)c1cccc(C(F)(F)F)n1. The van der Waals surface area contributed by atoms with E-state index in [9.17, 15) is 18.0 Å². The molecular weight excluding hydrogens is 429 g/mol. The minimum absolute atomic E-state index is 0.290. The summed E-state index contributed by atoms with van der Waals surface area (Å²) in [4.78, 5) is 16.0. The number of methoxy groups -OCH3 is 1. The summed E-state index contributed by atoms with van der Waals surface area (Å²) < 4.78 is 57.0. The first-order valence-corrected chi connectivity index (χ1v) is 9.86. The van der Waals surface area contributed by atoms with Crippen LogP contribution in [0.5, 0.6) is 5.75 Å². The maximum Gasteiger partial charge on any atom is 0.433 e. The smallest absolute Gasteiger partial charge is 0.433 e. The number of pyridine rings is 1. The zero-order chi connectivity index (χ0) is 22.9. The minimum atomic E-state index is -4.65. The molecule has 3 aromatic rings. The normalized spacial score (nSPS) is 15.8. The quantitative estimate of drug-likeness (QED) is 0.614. The monoisotopic (exact) mass is 450 g/mol. The van der Waals surface area contributed by atoms with E-state index in [2.05, 4.69) is 15.4 Å². The molecule has 1 N–H and O–H groups in total. The third-order valence-corrected chi connectivity index (χ3v) is 5.09. The summed E-state index contributed by atoms with van der Waals surface area (Å²) in [7, 11) is 1.42. The van der Waals surface area contributed by atoms with Crippen LogP contribution in [0.15, 0.2) is 36.5 Å². The highest BCUT2D eigenvalue weighted by atomic mass is 19.4. The fourth-order valence-electron chi connectivity index (χ4n) is 3.41. The molecule has 11 heteroatoms. The maximum absolute atomic E-state index is 12.9. The van der Waals surface area contributed by atoms with Crippen molar-refractivity contribution in [1.82, 2.24) is 14.8 Å². The van der Waals surface area contributed by atoms with E-state index in [0.717, 1.165) is 17.5 Å². The summed E-state index contributed by atoms with van der Waals surface area (Å²) in [6, 6.07) is 6.44. The van der Waals surface area contributed by atoms with Crippen LogP contribution in [-0.4, -0.2) is 46.8 Å². The number of carbonyl (C=O) groups excluding carboxylic acids is 1. The fourth-order valence-corrected chi connectivity index (χ4v) is 3.41. The van der Waals surface area contributed by atoms with Crippen LogP contribution >= 0.6 is 0 Å². The van der Waals surface area contributed by atoms with Gasteiger partial charge < -0.3 is 19.5 Å². The van der Waals surface area contributed by atoms with Gasteiger partial charge >= 0.3 is 6.18 Å². The molecule has 1 amide bonds. The number of hydrogen-bond acceptors (Lipinski definition) is 6. The molecule has 0 aliphatic carbocycles. The summed E-state index contributed by atoms with van der Waals surface area (Å²) in [6.07, 6.45) is -2.25. The Morgan fingerprint density at radius 2 is 2.03 bits per heavy atom. The molecule has 0 radical (unpaired) electrons. The van der Waals surface area contributed by atoms with Crippen LogP contribution in [0.4, 0.5) is 18.9 Å². The Labute approximate surface area is 181 Å². The molecule has 0 bridgehead atoms. The van der Waals surface area contributed by atoms with Crippen LogP contribution in [0.1, 0.15) is 29.5 Å². The first-order valence-electron chi connectivity index (χ1n) is 9.86. The molecule has 1 aromatic carbocycles. The first kappa shape index (κ1) is 22.0. The zero-order valence-corrected chi connectivity index (χ0v) is 17.4. The number of anilines is 1. The van der Waals surface area contributed by atoms with E-state index in [0.29, 0.717) is 37.4 Å². The van der Waals surface area contributed by atoms with Gasteiger partial charge in [0.25, 0.3) is 5.91 Å². The summed E-state index contributed by atoms with van der Waals surface area (Å²) in [5, 5.41) is 7.79. The predicted molar refractivity (Wildman–Crippen MR) is 108 cm³/mol. The van der Waals surface area contributed by atoms with Gasteiger partial charge in [0.15, 0.2) is 5.79 Å². The second-order valence-electron chi connectivity index (χ2n) is 7.44. The van der Waals surface area contributed by atoms with E-state index in [1.54, 1.807) is 23.0 Å². The van der Waals surface area contributed by atoms with Gasteiger partial charge in [-0.2, -0.15) is 18.3 Å². The van der Waals surface area contributed by atoms with Gasteiger partial charge in [0.2, 0.25) is 0 Å². The van der Waals surface area contributed by atoms with E-state index < -0.39 is 23.6 Å². The molecule has 0 unspecified atom stereocenters. The molecule has 1 aliphatic heterocycles. The molecule has 1 fully saturated rings. The molecule has 2 aromatic heterocycles. The molecule has 0 atom stereocenters. The molecule has 170 valence electrons. The van der Waals surface area contributed by atoms with Gasteiger partial charge in [-0.3, -0.25) is 9.48 Å². The molecule has 4 rings (SSSR count). The summed E-state index contributed by atoms with van der Waals surface area (Å²) in [6.45, 7) is 3.53. The molecule has 1 saturated heterocycles. The van der Waals surface area contributed by atoms with Crippen molar-refractivity contribution in [2.75, 3.05) is 25.6 Å². The molecule has 32 heavy (non-hydrogen) atoms. The Bertz CT molecular complexity index is 1140. The van der Waals surface area contributed by atoms with E-state index in [-0.39, 0.29) is 11.4 Å². The van der Waals surface area contributed by atoms with Crippen LogP contribution in [-0.2, 0) is 22.2 Å². The number of aromatic nitrogens is 3. The molecule has 1 aliphatic rings. The van der Waals surface area contributed by atoms with Crippen molar-refractivity contribution in [1.29, 1.82) is 0 Å². The lowest BCUT2D eigenvalue weighted by molar-refractivity contribution is -0.148. The second kappa shape index (κ2) is 8.40. The Morgan fingerprint density at radius 3 is 2.72 bits per heavy atom. The molecule has 0 saturated carbocycles. The van der Waals surface area contributed by atoms with Crippen LogP contribution in [0.3, 0.4) is 0 Å². The van der Waals surface area contributed by atoms with Gasteiger partial charge in [-0.25, -0.2) is 4.98 Å². The topological polar surface area (TPSA) is 87.5 Å². The third-order valence-electron chi connectivity index (χ3n) is 5.09. The lowest BCUT2D eigenvalue weighted by atomic mass is 10.2. The average Bonchev–Trinajstić information content (AvgIpc) is 3.37. The number of hydrogen-bond donors (Lipinski definition) is 1. The number of halogens is 3. The summed E-state index contributed by atoms with van der Waals surface area (Å²) in [5.41, 5.74) is -0.575. The third kappa shape index (κ3) is 4.68. The van der Waals surface area contributed by atoms with E-state index >= 15 is 0 Å². The van der Waals surface area contributed by atoms with Crippen molar-refractivity contribution in [3.05, 3.63) is 47.9 Å². The number of amides is 1. The number of fused-ring (bicyclic) bond motifs is 1. The molecule has 0 spiro atoms. The number of carbonyl (C=O) groups is 1. The zero-order valence-electron chi connectivity index (χ0n) is 17.4. The van der Waals surface area contributed by atoms with Gasteiger partial charge in [0.05, 0.1) is 31.5 Å². The number of benzene rings is 1. The molecule has 8 nitrogen and oxygen atoms in total. The summed E-state index contributed by atoms with van der Waals surface area (Å²) in [5.74, 6) is -1.12. The number of alkyl halides is 3. The Balaban J connectivity index is 1.55. The van der Waals surface area contributed by atoms with Gasteiger partial charge in [-0.05, 0) is 25.1 Å². The lowest BCUT2D eigenvalue weighted by Gasteiger charge is -2.21. The van der Waals surface area contributed by atoms with Crippen molar-refractivity contribution in [2.45, 2.75) is 31.9 Å². The molecule has 3 heterocycles. The maximum atomic E-state index is 12.9. The second-order valence-corrected chi connectivity index (χ2v) is 7.44. The van der Waals surface area contributed by atoms with Gasteiger partial charge in [0, 0.05) is 30.6 Å². The van der Waals surface area contributed by atoms with Crippen molar-refractivity contribution in [2.24, 2.45) is 0 Å². The lowest BCUT2D eigenvalue weighted by Crippen LogP contribution is -2.27. The Morgan fingerprint density at radius 1 is 1.28 bits per heavy atom. The number of aryl methyl sites for hydroxylation is 1. The molecular formula is C21H21F3N4O4. The minimum Gasteiger partial charge on any atom is -0.494 e. The van der Waals surface area contributed by atoms with Crippen LogP contribution < -0.4 is 10.1 Å². The largest absolute Gasteiger partial charge is 0.494 e. The van der Waals surface area contributed by atoms with Crippen molar-refractivity contribution >= 4 is 22.5 Å². The Kier molecular flexibility index (Phi) is 5.78. The van der Waals surface area contributed by atoms with Crippen molar-refractivity contribution < 1.29 is 32.2 Å². The van der Waals surface area contributed by atoms with E-state index in [1.165, 1.54) is 13.2 Å². The predicted octanol–water partition coefficient (Wildman–Crippen LogP) is 3.86. The first-order chi connectivity index (χ1) is 15.2. The van der Waals surface area contributed by atoms with Gasteiger partial charge in [-0.15, -0.1) is 0 Å². The van der Waals surface area contributed by atoms with Gasteiger partial charge in [0.1, 0.15) is 17.1 Å². The fraction of sp³-hybridized carbons (Fsp3) is 0.381. The standard InChI is InChI=1S/C21H21F3N4O4/c1-20(31-8-9-32-20)6-7-28-12-13-10-16(17(30-2)11-15(13)27-28)26-19(29)14-4-3-5-18(25-14)21(22,23)24/h3-5,10-12H,6-9H2,1-2H3,(H,26,29). The summed E-state index contributed by atoms with van der Waals surface area (Å²) >= 11 is 0. The van der Waals surface area contributed by atoms with Crippen LogP contribution in [0, 0.1) is 0 Å². The van der Waals surface area contributed by atoms with E-state index in [4.69, 9.17) is 14.2 Å². The highest BCUT2D eigenvalue weighted by Gasteiger charge is 2.33. The highest BCUT2D eigenvalue weighted by molar-refractivity contribution is 6.05. The number of nitrogens with zero attached hydrogens (tertiary/aromatic N) is 3. The van der Waals surface area contributed by atoms with Crippen molar-refractivity contribution in [3.63, 3.8) is 0 Å². The van der Waals surface area contributed by atoms with Crippen LogP contribution in [0.2, 0.25) is 0 Å². The average molecular weight is 450 g/mol. The van der Waals surface area contributed by atoms with Crippen molar-refractivity contribution in [3.8, 4) is 5.75 Å². The van der Waals surface area contributed by atoms with Crippen LogP contribution in [0.25, 0.3) is 10.9 Å². The van der Waals surface area contributed by atoms with Gasteiger partial charge in [-0.1, -0.05) is 6.07 Å².